The zero-order valence-corrected chi connectivity index (χ0v) is 9.83. The van der Waals surface area contributed by atoms with Gasteiger partial charge < -0.3 is 14.6 Å². The molecule has 0 radical (unpaired) electrons. The van der Waals surface area contributed by atoms with Gasteiger partial charge in [0.15, 0.2) is 5.79 Å². The molecule has 88 valence electrons. The molecule has 3 rings (SSSR count). The molecule has 4 nitrogen and oxygen atoms in total. The van der Waals surface area contributed by atoms with Crippen LogP contribution in [0.3, 0.4) is 0 Å². The summed E-state index contributed by atoms with van der Waals surface area (Å²) in [4.78, 5) is 0.959. The standard InChI is InChI=1S/C11H15NO3S/c13-10(9-1-6-12-16-9)2-4-11(5-3-10)14-7-8-15-11/h1,6,13H,2-5,7-8H2. The number of aliphatic hydroxyl groups is 1. The molecule has 0 unspecified atom stereocenters. The summed E-state index contributed by atoms with van der Waals surface area (Å²) in [6.07, 6.45) is 4.65. The Morgan fingerprint density at radius 3 is 2.44 bits per heavy atom. The molecule has 1 aliphatic heterocycles. The molecule has 5 heteroatoms. The van der Waals surface area contributed by atoms with Crippen LogP contribution in [0.2, 0.25) is 0 Å². The van der Waals surface area contributed by atoms with Crippen molar-refractivity contribution >= 4 is 11.5 Å². The number of nitrogens with zero attached hydrogens (tertiary/aromatic N) is 1. The molecule has 1 aliphatic carbocycles. The van der Waals surface area contributed by atoms with Gasteiger partial charge in [0.1, 0.15) is 5.60 Å². The lowest BCUT2D eigenvalue weighted by Crippen LogP contribution is -2.41. The van der Waals surface area contributed by atoms with Crippen LogP contribution in [0, 0.1) is 0 Å². The highest BCUT2D eigenvalue weighted by atomic mass is 32.1. The fourth-order valence-electron chi connectivity index (χ4n) is 2.53. The summed E-state index contributed by atoms with van der Waals surface area (Å²) in [5.74, 6) is -0.406. The van der Waals surface area contributed by atoms with Crippen LogP contribution < -0.4 is 0 Å². The number of hydrogen-bond donors (Lipinski definition) is 1. The largest absolute Gasteiger partial charge is 0.384 e. The van der Waals surface area contributed by atoms with Gasteiger partial charge in [0.05, 0.1) is 18.1 Å². The summed E-state index contributed by atoms with van der Waals surface area (Å²) < 4.78 is 15.3. The van der Waals surface area contributed by atoms with Crippen molar-refractivity contribution in [2.45, 2.75) is 37.1 Å². The van der Waals surface area contributed by atoms with Crippen molar-refractivity contribution < 1.29 is 14.6 Å². The van der Waals surface area contributed by atoms with Crippen molar-refractivity contribution in [3.8, 4) is 0 Å². The topological polar surface area (TPSA) is 51.6 Å². The highest BCUT2D eigenvalue weighted by molar-refractivity contribution is 7.05. The summed E-state index contributed by atoms with van der Waals surface area (Å²) >= 11 is 1.38. The van der Waals surface area contributed by atoms with Crippen molar-refractivity contribution in [2.24, 2.45) is 0 Å². The predicted octanol–water partition coefficient (Wildman–Crippen LogP) is 1.65. The Balaban J connectivity index is 1.74. The van der Waals surface area contributed by atoms with Gasteiger partial charge in [0.2, 0.25) is 0 Å². The first-order valence-corrected chi connectivity index (χ1v) is 6.41. The Kier molecular flexibility index (Phi) is 2.51. The molecule has 0 bridgehead atoms. The van der Waals surface area contributed by atoms with E-state index in [9.17, 15) is 5.11 Å². The summed E-state index contributed by atoms with van der Waals surface area (Å²) in [5.41, 5.74) is -0.721. The lowest BCUT2D eigenvalue weighted by atomic mass is 9.80. The molecule has 0 aromatic carbocycles. The van der Waals surface area contributed by atoms with E-state index >= 15 is 0 Å². The number of aromatic nitrogens is 1. The van der Waals surface area contributed by atoms with E-state index in [1.54, 1.807) is 6.20 Å². The Bertz CT molecular complexity index is 349. The van der Waals surface area contributed by atoms with E-state index in [4.69, 9.17) is 9.47 Å². The number of hydrogen-bond acceptors (Lipinski definition) is 5. The zero-order chi connectivity index (χ0) is 11.1. The van der Waals surface area contributed by atoms with Crippen LogP contribution in [-0.2, 0) is 15.1 Å². The molecular formula is C11H15NO3S. The summed E-state index contributed by atoms with van der Waals surface area (Å²) in [7, 11) is 0. The third kappa shape index (κ3) is 1.68. The molecule has 2 aliphatic rings. The lowest BCUT2D eigenvalue weighted by molar-refractivity contribution is -0.203. The van der Waals surface area contributed by atoms with Crippen LogP contribution in [0.15, 0.2) is 12.3 Å². The molecule has 1 saturated carbocycles. The van der Waals surface area contributed by atoms with E-state index < -0.39 is 11.4 Å². The fraction of sp³-hybridized carbons (Fsp3) is 0.727. The lowest BCUT2D eigenvalue weighted by Gasteiger charge is -2.39. The van der Waals surface area contributed by atoms with Gasteiger partial charge in [0.25, 0.3) is 0 Å². The third-order valence-electron chi connectivity index (χ3n) is 3.55. The average molecular weight is 241 g/mol. The van der Waals surface area contributed by atoms with Gasteiger partial charge in [-0.1, -0.05) is 0 Å². The molecule has 0 atom stereocenters. The van der Waals surface area contributed by atoms with Gasteiger partial charge in [-0.15, -0.1) is 0 Å². The van der Waals surface area contributed by atoms with Crippen molar-refractivity contribution in [1.82, 2.24) is 4.37 Å². The van der Waals surface area contributed by atoms with E-state index in [2.05, 4.69) is 4.37 Å². The Morgan fingerprint density at radius 1 is 1.19 bits per heavy atom. The highest BCUT2D eigenvalue weighted by Gasteiger charge is 2.46. The Labute approximate surface area is 98.4 Å². The first-order chi connectivity index (χ1) is 7.73. The van der Waals surface area contributed by atoms with Gasteiger partial charge >= 0.3 is 0 Å². The molecule has 1 N–H and O–H groups in total. The quantitative estimate of drug-likeness (QED) is 0.812. The van der Waals surface area contributed by atoms with Crippen molar-refractivity contribution in [3.63, 3.8) is 0 Å². The highest BCUT2D eigenvalue weighted by Crippen LogP contribution is 2.45. The minimum absolute atomic E-state index is 0.406. The van der Waals surface area contributed by atoms with Gasteiger partial charge in [-0.05, 0) is 30.4 Å². The molecule has 1 spiro atoms. The first kappa shape index (κ1) is 10.7. The number of rotatable bonds is 1. The average Bonchev–Trinajstić information content (AvgIpc) is 2.96. The first-order valence-electron chi connectivity index (χ1n) is 5.64. The maximum Gasteiger partial charge on any atom is 0.168 e. The molecule has 2 heterocycles. The normalized spacial score (nSPS) is 27.3. The van der Waals surface area contributed by atoms with Crippen LogP contribution in [0.5, 0.6) is 0 Å². The van der Waals surface area contributed by atoms with Crippen molar-refractivity contribution in [2.75, 3.05) is 13.2 Å². The molecule has 0 amide bonds. The second-order valence-electron chi connectivity index (χ2n) is 4.52. The molecule has 1 aromatic heterocycles. The summed E-state index contributed by atoms with van der Waals surface area (Å²) in [5, 5.41) is 10.5. The van der Waals surface area contributed by atoms with Crippen LogP contribution in [0.1, 0.15) is 30.6 Å². The summed E-state index contributed by atoms with van der Waals surface area (Å²) in [6.45, 7) is 1.36. The van der Waals surface area contributed by atoms with Gasteiger partial charge in [0, 0.05) is 19.0 Å². The van der Waals surface area contributed by atoms with Crippen LogP contribution >= 0.6 is 11.5 Å². The van der Waals surface area contributed by atoms with Crippen LogP contribution in [0.4, 0.5) is 0 Å². The van der Waals surface area contributed by atoms with Crippen molar-refractivity contribution in [3.05, 3.63) is 17.1 Å². The minimum atomic E-state index is -0.721. The monoisotopic (exact) mass is 241 g/mol. The van der Waals surface area contributed by atoms with Crippen LogP contribution in [-0.4, -0.2) is 28.5 Å². The second-order valence-corrected chi connectivity index (χ2v) is 5.35. The van der Waals surface area contributed by atoms with Gasteiger partial charge in [-0.2, -0.15) is 0 Å². The van der Waals surface area contributed by atoms with Crippen molar-refractivity contribution in [1.29, 1.82) is 0 Å². The minimum Gasteiger partial charge on any atom is -0.384 e. The summed E-state index contributed by atoms with van der Waals surface area (Å²) in [6, 6.07) is 1.90. The van der Waals surface area contributed by atoms with Gasteiger partial charge in [-0.3, -0.25) is 0 Å². The second kappa shape index (κ2) is 3.77. The fourth-order valence-corrected chi connectivity index (χ4v) is 3.26. The van der Waals surface area contributed by atoms with Gasteiger partial charge in [-0.25, -0.2) is 4.37 Å². The third-order valence-corrected chi connectivity index (χ3v) is 4.49. The smallest absolute Gasteiger partial charge is 0.168 e. The molecule has 2 fully saturated rings. The molecule has 1 saturated heterocycles. The van der Waals surface area contributed by atoms with E-state index in [1.165, 1.54) is 11.5 Å². The zero-order valence-electron chi connectivity index (χ0n) is 9.02. The van der Waals surface area contributed by atoms with E-state index in [1.807, 2.05) is 6.07 Å². The van der Waals surface area contributed by atoms with E-state index in [-0.39, 0.29) is 0 Å². The molecule has 16 heavy (non-hydrogen) atoms. The predicted molar refractivity (Wildman–Crippen MR) is 59.1 cm³/mol. The van der Waals surface area contributed by atoms with E-state index in [0.29, 0.717) is 26.1 Å². The number of ether oxygens (including phenoxy) is 2. The maximum atomic E-state index is 10.5. The SMILES string of the molecule is OC1(c2ccns2)CCC2(CC1)OCCO2. The van der Waals surface area contributed by atoms with E-state index in [0.717, 1.165) is 17.7 Å². The maximum absolute atomic E-state index is 10.5. The van der Waals surface area contributed by atoms with Crippen LogP contribution in [0.25, 0.3) is 0 Å². The Morgan fingerprint density at radius 2 is 1.88 bits per heavy atom. The molecule has 1 aromatic rings. The molecular weight excluding hydrogens is 226 g/mol. The Hall–Kier alpha value is -0.490.